The third-order valence-corrected chi connectivity index (χ3v) is 4.53. The number of aromatic amines is 1. The summed E-state index contributed by atoms with van der Waals surface area (Å²) >= 11 is 0. The predicted octanol–water partition coefficient (Wildman–Crippen LogP) is 1.93. The number of hydrogen-bond acceptors (Lipinski definition) is 6. The maximum Gasteiger partial charge on any atom is 0.491 e. The number of carbonyl (C=O) groups is 2. The highest BCUT2D eigenvalue weighted by atomic mass is 19.4. The molecule has 28 heavy (non-hydrogen) atoms. The summed E-state index contributed by atoms with van der Waals surface area (Å²) in [7, 11) is 5.21. The van der Waals surface area contributed by atoms with Gasteiger partial charge in [-0.3, -0.25) is 5.32 Å². The highest BCUT2D eigenvalue weighted by molar-refractivity contribution is 5.94. The fourth-order valence-electron chi connectivity index (χ4n) is 3.42. The van der Waals surface area contributed by atoms with E-state index in [1.54, 1.807) is 18.2 Å². The molecule has 7 nitrogen and oxygen atoms in total. The van der Waals surface area contributed by atoms with Crippen LogP contribution in [-0.4, -0.2) is 61.8 Å². The molecule has 0 radical (unpaired) electrons. The Morgan fingerprint density at radius 2 is 2.00 bits per heavy atom. The van der Waals surface area contributed by atoms with Crippen molar-refractivity contribution in [1.82, 2.24) is 15.2 Å². The summed E-state index contributed by atoms with van der Waals surface area (Å²) in [4.78, 5) is 28.4. The largest absolute Gasteiger partial charge is 0.497 e. The minimum Gasteiger partial charge on any atom is -0.497 e. The zero-order chi connectivity index (χ0) is 20.6. The molecule has 0 aliphatic carbocycles. The van der Waals surface area contributed by atoms with Crippen LogP contribution in [0.5, 0.6) is 5.75 Å². The van der Waals surface area contributed by atoms with E-state index < -0.39 is 24.2 Å². The standard InChI is InChI=1S/C18H20F3N3O4/c1-24(2)8-9-6-12-11-7-10(27-3)4-5-13(11)23-14(12)15(22-9)16(25)28-17(26)18(19,20)21/h4-5,7,9,15,22-23H,6,8H2,1-3H3. The van der Waals surface area contributed by atoms with Crippen LogP contribution in [0.2, 0.25) is 0 Å². The van der Waals surface area contributed by atoms with Crippen LogP contribution in [0.15, 0.2) is 18.2 Å². The van der Waals surface area contributed by atoms with Gasteiger partial charge in [-0.25, -0.2) is 9.59 Å². The maximum absolute atomic E-state index is 12.5. The van der Waals surface area contributed by atoms with Crippen LogP contribution < -0.4 is 10.1 Å². The quantitative estimate of drug-likeness (QED) is 0.604. The van der Waals surface area contributed by atoms with Crippen LogP contribution >= 0.6 is 0 Å². The molecule has 2 aromatic rings. The molecule has 3 rings (SSSR count). The Balaban J connectivity index is 2.00. The van der Waals surface area contributed by atoms with Crippen LogP contribution in [-0.2, 0) is 20.7 Å². The molecule has 1 aliphatic rings. The van der Waals surface area contributed by atoms with E-state index in [0.29, 0.717) is 29.9 Å². The number of ether oxygens (including phenoxy) is 2. The number of halogens is 3. The van der Waals surface area contributed by atoms with Crippen molar-refractivity contribution in [2.24, 2.45) is 0 Å². The normalized spacial score (nSPS) is 19.5. The molecule has 2 N–H and O–H groups in total. The summed E-state index contributed by atoms with van der Waals surface area (Å²) in [6, 6.07) is 3.84. The Hall–Kier alpha value is -2.59. The van der Waals surface area contributed by atoms with Crippen LogP contribution in [0.25, 0.3) is 10.9 Å². The average Bonchev–Trinajstić information content (AvgIpc) is 2.97. The lowest BCUT2D eigenvalue weighted by molar-refractivity contribution is -0.202. The number of hydrogen-bond donors (Lipinski definition) is 2. The fourth-order valence-corrected chi connectivity index (χ4v) is 3.42. The predicted molar refractivity (Wildman–Crippen MR) is 93.9 cm³/mol. The lowest BCUT2D eigenvalue weighted by Gasteiger charge is -2.31. The highest BCUT2D eigenvalue weighted by Gasteiger charge is 2.45. The minimum atomic E-state index is -5.25. The monoisotopic (exact) mass is 399 g/mol. The fraction of sp³-hybridized carbons (Fsp3) is 0.444. The number of aromatic nitrogens is 1. The van der Waals surface area contributed by atoms with Crippen molar-refractivity contribution in [3.05, 3.63) is 29.5 Å². The summed E-state index contributed by atoms with van der Waals surface area (Å²) in [6.45, 7) is 0.535. The first-order valence-corrected chi connectivity index (χ1v) is 8.52. The number of alkyl halides is 3. The van der Waals surface area contributed by atoms with Gasteiger partial charge in [0.2, 0.25) is 0 Å². The van der Waals surface area contributed by atoms with Gasteiger partial charge in [0.25, 0.3) is 0 Å². The molecule has 1 aliphatic heterocycles. The lowest BCUT2D eigenvalue weighted by Crippen LogP contribution is -2.48. The molecule has 10 heteroatoms. The first kappa shape index (κ1) is 20.2. The van der Waals surface area contributed by atoms with E-state index in [0.717, 1.165) is 10.9 Å². The molecule has 1 aromatic heterocycles. The van der Waals surface area contributed by atoms with Gasteiger partial charge < -0.3 is 19.4 Å². The third-order valence-electron chi connectivity index (χ3n) is 4.53. The second kappa shape index (κ2) is 7.44. The first-order chi connectivity index (χ1) is 13.1. The van der Waals surface area contributed by atoms with Crippen molar-refractivity contribution < 1.29 is 32.2 Å². The molecule has 2 unspecified atom stereocenters. The molecule has 0 saturated heterocycles. The maximum atomic E-state index is 12.5. The van der Waals surface area contributed by atoms with E-state index in [2.05, 4.69) is 15.0 Å². The summed E-state index contributed by atoms with van der Waals surface area (Å²) < 4.78 is 46.8. The van der Waals surface area contributed by atoms with Gasteiger partial charge >= 0.3 is 18.1 Å². The van der Waals surface area contributed by atoms with E-state index in [-0.39, 0.29) is 6.04 Å². The van der Waals surface area contributed by atoms with Crippen LogP contribution in [0.4, 0.5) is 13.2 Å². The van der Waals surface area contributed by atoms with Gasteiger partial charge in [-0.1, -0.05) is 0 Å². The number of rotatable bonds is 4. The average molecular weight is 399 g/mol. The van der Waals surface area contributed by atoms with Gasteiger partial charge in [0.1, 0.15) is 11.8 Å². The highest BCUT2D eigenvalue weighted by Crippen LogP contribution is 2.34. The number of nitrogens with zero attached hydrogens (tertiary/aromatic N) is 1. The van der Waals surface area contributed by atoms with Crippen molar-refractivity contribution in [1.29, 1.82) is 0 Å². The summed E-state index contributed by atoms with van der Waals surface area (Å²) in [6.07, 6.45) is -4.71. The van der Waals surface area contributed by atoms with Crippen molar-refractivity contribution in [3.8, 4) is 5.75 Å². The first-order valence-electron chi connectivity index (χ1n) is 8.52. The Kier molecular flexibility index (Phi) is 5.35. The zero-order valence-electron chi connectivity index (χ0n) is 15.5. The molecule has 0 saturated carbocycles. The molecule has 2 heterocycles. The number of nitrogens with one attached hydrogen (secondary N) is 2. The molecule has 1 aromatic carbocycles. The summed E-state index contributed by atoms with van der Waals surface area (Å²) in [5.74, 6) is -3.22. The van der Waals surface area contributed by atoms with Crippen molar-refractivity contribution >= 4 is 22.8 Å². The Morgan fingerprint density at radius 3 is 2.61 bits per heavy atom. The van der Waals surface area contributed by atoms with E-state index in [1.165, 1.54) is 7.11 Å². The molecule has 152 valence electrons. The van der Waals surface area contributed by atoms with Crippen LogP contribution in [0.1, 0.15) is 17.3 Å². The van der Waals surface area contributed by atoms with Gasteiger partial charge in [-0.2, -0.15) is 13.2 Å². The number of H-pyrrole nitrogens is 1. The van der Waals surface area contributed by atoms with E-state index in [4.69, 9.17) is 4.74 Å². The Labute approximate surface area is 158 Å². The molecule has 0 fully saturated rings. The number of carbonyl (C=O) groups excluding carboxylic acids is 2. The van der Waals surface area contributed by atoms with E-state index in [9.17, 15) is 22.8 Å². The number of methoxy groups -OCH3 is 1. The van der Waals surface area contributed by atoms with Crippen molar-refractivity contribution in [3.63, 3.8) is 0 Å². The molecular formula is C18H20F3N3O4. The molecular weight excluding hydrogens is 379 g/mol. The molecule has 0 spiro atoms. The second-order valence-electron chi connectivity index (χ2n) is 6.90. The van der Waals surface area contributed by atoms with Crippen molar-refractivity contribution in [2.45, 2.75) is 24.7 Å². The van der Waals surface area contributed by atoms with E-state index in [1.807, 2.05) is 19.0 Å². The van der Waals surface area contributed by atoms with Crippen LogP contribution in [0, 0.1) is 0 Å². The minimum absolute atomic E-state index is 0.230. The number of esters is 2. The summed E-state index contributed by atoms with van der Waals surface area (Å²) in [5.41, 5.74) is 1.87. The molecule has 0 amide bonds. The van der Waals surface area contributed by atoms with Crippen molar-refractivity contribution in [2.75, 3.05) is 27.7 Å². The number of fused-ring (bicyclic) bond motifs is 3. The third kappa shape index (κ3) is 3.97. The smallest absolute Gasteiger partial charge is 0.491 e. The Morgan fingerprint density at radius 1 is 1.29 bits per heavy atom. The van der Waals surface area contributed by atoms with Gasteiger partial charge in [-0.05, 0) is 44.3 Å². The van der Waals surface area contributed by atoms with Gasteiger partial charge in [0.15, 0.2) is 0 Å². The molecule has 2 atom stereocenters. The lowest BCUT2D eigenvalue weighted by atomic mass is 9.93. The zero-order valence-corrected chi connectivity index (χ0v) is 15.5. The number of benzene rings is 1. The molecule has 0 bridgehead atoms. The van der Waals surface area contributed by atoms with E-state index >= 15 is 0 Å². The second-order valence-corrected chi connectivity index (χ2v) is 6.90. The Bertz CT molecular complexity index is 907. The summed E-state index contributed by atoms with van der Waals surface area (Å²) in [5, 5.41) is 3.79. The van der Waals surface area contributed by atoms with Gasteiger partial charge in [-0.15, -0.1) is 0 Å². The van der Waals surface area contributed by atoms with Gasteiger partial charge in [0.05, 0.1) is 7.11 Å². The SMILES string of the molecule is COc1ccc2[nH]c3c(c2c1)CC(CN(C)C)NC3C(=O)OC(=O)C(F)(F)F. The number of likely N-dealkylation sites (N-methyl/N-ethyl adjacent to an activating group) is 1. The topological polar surface area (TPSA) is 83.7 Å². The van der Waals surface area contributed by atoms with Crippen LogP contribution in [0.3, 0.4) is 0 Å². The van der Waals surface area contributed by atoms with Gasteiger partial charge in [0, 0.05) is 29.2 Å².